The average Bonchev–Trinajstić information content (AvgIpc) is 2.83. The van der Waals surface area contributed by atoms with Crippen molar-refractivity contribution in [1.82, 2.24) is 0 Å². The molecule has 9 rings (SSSR count). The first-order valence-corrected chi connectivity index (χ1v) is 34.4. The van der Waals surface area contributed by atoms with Crippen molar-refractivity contribution in [3.05, 3.63) is 179 Å². The molecule has 0 amide bonds. The zero-order chi connectivity index (χ0) is 58.2. The van der Waals surface area contributed by atoms with Gasteiger partial charge < -0.3 is 30.0 Å². The van der Waals surface area contributed by atoms with Crippen LogP contribution in [0.25, 0.3) is 0 Å². The predicted octanol–water partition coefficient (Wildman–Crippen LogP) is 19.9. The molecule has 3 aliphatic rings. The fourth-order valence-corrected chi connectivity index (χ4v) is 17.8. The summed E-state index contributed by atoms with van der Waals surface area (Å²) < 4.78 is 0. The summed E-state index contributed by atoms with van der Waals surface area (Å²) in [5, 5.41) is 30.6. The number of benzene rings is 6. The zero-order valence-corrected chi connectivity index (χ0v) is 51.8. The largest absolute Gasteiger partial charge is 0.565 e. The van der Waals surface area contributed by atoms with Crippen LogP contribution in [0.3, 0.4) is 0 Å². The number of hydrogen-bond acceptors (Lipinski definition) is 4. The summed E-state index contributed by atoms with van der Waals surface area (Å²) in [5.41, 5.74) is 10.0. The van der Waals surface area contributed by atoms with Crippen LogP contribution in [0.2, 0.25) is 0 Å². The van der Waals surface area contributed by atoms with Crippen LogP contribution in [0.5, 0.6) is 0 Å². The lowest BCUT2D eigenvalue weighted by Crippen LogP contribution is -2.19. The molecule has 3 aliphatic carbocycles. The van der Waals surface area contributed by atoms with Crippen molar-refractivity contribution >= 4 is 34.1 Å². The molecular weight excluding hydrogens is 1050 g/mol. The van der Waals surface area contributed by atoms with Crippen molar-refractivity contribution in [1.29, 1.82) is 0 Å². The standard InChI is InChI=1S/C36H45S.C36H51S.2CH2O3/c1-6-16-28(17-7-1)31-26-34(29-18-8-2-9-19-29)36(35(27-31)30-20-10-3-11-21-30)37(32-22-12-4-13-23-32)33-24-14-5-15-25-33;1-4-7-10-15-22-31-29-32(23-16-11-8-5-2)36(33(30-31)24-17-12-9-6-3)37(34-25-18-13-19-26-34)35-27-20-14-21-28-35;2*2-1(3)4/h4-5,12-15,22-30H,1-3,6-11,16-21H2;13-14,18-21,25-30H,4-12,15-17,22-24H2,1-3H3;2*(H2,2,3,4)/q2*+1;;/p-2. The minimum Gasteiger partial charge on any atom is -0.565 e. The molecule has 442 valence electrons. The van der Waals surface area contributed by atoms with E-state index in [1.807, 2.05) is 0 Å². The van der Waals surface area contributed by atoms with Gasteiger partial charge in [0.05, 0.1) is 21.8 Å². The molecule has 0 spiro atoms. The van der Waals surface area contributed by atoms with Crippen LogP contribution in [0, 0.1) is 0 Å². The summed E-state index contributed by atoms with van der Waals surface area (Å²) in [4.78, 5) is 26.2. The maximum Gasteiger partial charge on any atom is 0.249 e. The Balaban J connectivity index is 0.000000233. The van der Waals surface area contributed by atoms with Crippen molar-refractivity contribution in [2.45, 2.75) is 261 Å². The van der Waals surface area contributed by atoms with Gasteiger partial charge in [-0.25, -0.2) is 0 Å². The highest BCUT2D eigenvalue weighted by molar-refractivity contribution is 7.97. The highest BCUT2D eigenvalue weighted by atomic mass is 32.2. The summed E-state index contributed by atoms with van der Waals surface area (Å²) in [7, 11) is -0.123. The van der Waals surface area contributed by atoms with Gasteiger partial charge in [0.25, 0.3) is 0 Å². The molecule has 0 bridgehead atoms. The molecule has 0 atom stereocenters. The summed E-state index contributed by atoms with van der Waals surface area (Å²) in [6, 6.07) is 56.4. The quantitative estimate of drug-likeness (QED) is 0.0460. The van der Waals surface area contributed by atoms with Crippen molar-refractivity contribution in [3.63, 3.8) is 0 Å². The van der Waals surface area contributed by atoms with E-state index in [0.29, 0.717) is 0 Å². The van der Waals surface area contributed by atoms with Gasteiger partial charge in [0, 0.05) is 22.3 Å². The number of carboxylic acid groups (broad SMARTS) is 4. The topological polar surface area (TPSA) is 121 Å². The van der Waals surface area contributed by atoms with Gasteiger partial charge in [0.1, 0.15) is 0 Å². The van der Waals surface area contributed by atoms with E-state index in [0.717, 1.165) is 17.8 Å². The fraction of sp³-hybridized carbons (Fsp3) is 0.486. The second-order valence-corrected chi connectivity index (χ2v) is 27.0. The van der Waals surface area contributed by atoms with Crippen LogP contribution in [0.1, 0.15) is 245 Å². The molecule has 0 aromatic heterocycles. The zero-order valence-electron chi connectivity index (χ0n) is 50.1. The molecule has 0 radical (unpaired) electrons. The second-order valence-electron chi connectivity index (χ2n) is 23.1. The van der Waals surface area contributed by atoms with Crippen LogP contribution in [-0.4, -0.2) is 22.5 Å². The van der Waals surface area contributed by atoms with Crippen LogP contribution in [-0.2, 0) is 41.1 Å². The lowest BCUT2D eigenvalue weighted by Gasteiger charge is -2.31. The van der Waals surface area contributed by atoms with E-state index < -0.39 is 12.3 Å². The molecule has 0 heterocycles. The number of carbonyl (C=O) groups is 2. The van der Waals surface area contributed by atoms with E-state index in [1.165, 1.54) is 212 Å². The Bertz CT molecular complexity index is 2520. The van der Waals surface area contributed by atoms with Crippen molar-refractivity contribution in [3.8, 4) is 0 Å². The van der Waals surface area contributed by atoms with Gasteiger partial charge in [-0.15, -0.1) is 0 Å². The Morgan fingerprint density at radius 3 is 1.00 bits per heavy atom. The highest BCUT2D eigenvalue weighted by Gasteiger charge is 2.40. The molecule has 6 aromatic carbocycles. The number of aryl methyl sites for hydroxylation is 3. The number of rotatable bonds is 24. The molecule has 6 aromatic rings. The highest BCUT2D eigenvalue weighted by Crippen LogP contribution is 2.49. The summed E-state index contributed by atoms with van der Waals surface area (Å²) in [6.45, 7) is 6.95. The fourth-order valence-electron chi connectivity index (χ4n) is 12.9. The minimum atomic E-state index is -2.08. The number of hydrogen-bond donors (Lipinski definition) is 2. The van der Waals surface area contributed by atoms with E-state index in [1.54, 1.807) is 43.2 Å². The van der Waals surface area contributed by atoms with Gasteiger partial charge in [0.2, 0.25) is 12.3 Å². The SMILES string of the molecule is CCCCCCc1cc(CCCCCC)c([S+](c2ccccc2)c2ccccc2)c(CCCCCC)c1.O=C([O-])O.O=C([O-])O.c1ccc([S+](c2ccccc2)c2c(C3CCCCC3)cc(C3CCCCC3)cc2C2CCCCC2)cc1. The van der Waals surface area contributed by atoms with E-state index in [9.17, 15) is 0 Å². The van der Waals surface area contributed by atoms with Crippen molar-refractivity contribution in [2.24, 2.45) is 0 Å². The van der Waals surface area contributed by atoms with Gasteiger partial charge in [-0.1, -0.05) is 233 Å². The maximum absolute atomic E-state index is 8.44. The summed E-state index contributed by atoms with van der Waals surface area (Å²) in [6.07, 6.45) is 36.5. The molecule has 3 saturated carbocycles. The molecule has 8 heteroatoms. The Morgan fingerprint density at radius 2 is 0.683 bits per heavy atom. The first-order valence-electron chi connectivity index (χ1n) is 31.9. The molecule has 2 N–H and O–H groups in total. The minimum absolute atomic E-state index is 0.0543. The Labute approximate surface area is 500 Å². The third kappa shape index (κ3) is 21.6. The molecular formula is C74H98O6S2. The third-order valence-corrected chi connectivity index (χ3v) is 21.7. The summed E-state index contributed by atoms with van der Waals surface area (Å²) >= 11 is 0. The average molecular weight is 1150 g/mol. The second kappa shape index (κ2) is 37.7. The van der Waals surface area contributed by atoms with Crippen molar-refractivity contribution in [2.75, 3.05) is 0 Å². The van der Waals surface area contributed by atoms with E-state index >= 15 is 0 Å². The smallest absolute Gasteiger partial charge is 0.249 e. The van der Waals surface area contributed by atoms with E-state index in [2.05, 4.69) is 166 Å². The van der Waals surface area contributed by atoms with Crippen LogP contribution < -0.4 is 10.2 Å². The lowest BCUT2D eigenvalue weighted by molar-refractivity contribution is -0.276. The van der Waals surface area contributed by atoms with Crippen LogP contribution in [0.15, 0.2) is 175 Å². The van der Waals surface area contributed by atoms with Gasteiger partial charge in [0.15, 0.2) is 29.4 Å². The van der Waals surface area contributed by atoms with Crippen LogP contribution >= 0.6 is 0 Å². The molecule has 0 aliphatic heterocycles. The molecule has 0 unspecified atom stereocenters. The Kier molecular flexibility index (Phi) is 30.2. The number of unbranched alkanes of at least 4 members (excludes halogenated alkanes) is 9. The monoisotopic (exact) mass is 1150 g/mol. The van der Waals surface area contributed by atoms with Crippen LogP contribution in [0.4, 0.5) is 9.59 Å². The summed E-state index contributed by atoms with van der Waals surface area (Å²) in [5.74, 6) is 2.25. The Hall–Kier alpha value is -5.44. The third-order valence-electron chi connectivity index (χ3n) is 16.9. The first kappa shape index (κ1) is 65.7. The van der Waals surface area contributed by atoms with Crippen molar-refractivity contribution < 1.29 is 30.0 Å². The van der Waals surface area contributed by atoms with E-state index in [4.69, 9.17) is 30.0 Å². The maximum atomic E-state index is 8.44. The van der Waals surface area contributed by atoms with E-state index in [-0.39, 0.29) is 21.8 Å². The first-order chi connectivity index (χ1) is 40.1. The van der Waals surface area contributed by atoms with Gasteiger partial charge in [-0.3, -0.25) is 0 Å². The predicted molar refractivity (Wildman–Crippen MR) is 340 cm³/mol. The lowest BCUT2D eigenvalue weighted by atomic mass is 9.76. The normalized spacial score (nSPS) is 14.9. The van der Waals surface area contributed by atoms with Gasteiger partial charge >= 0.3 is 0 Å². The molecule has 0 saturated heterocycles. The van der Waals surface area contributed by atoms with Gasteiger partial charge in [-0.05, 0) is 154 Å². The molecule has 3 fully saturated rings. The molecule has 82 heavy (non-hydrogen) atoms. The molecule has 6 nitrogen and oxygen atoms in total. The Morgan fingerprint density at radius 1 is 0.390 bits per heavy atom. The van der Waals surface area contributed by atoms with Gasteiger partial charge in [-0.2, -0.15) is 0 Å².